The SMILES string of the molecule is COc1cc2[nH]c(=O)c3nn(COC(=O)NCCN(C)C)nc3c(=O)c2cc1OC. The lowest BCUT2D eigenvalue weighted by atomic mass is 10.2. The molecule has 12 nitrogen and oxygen atoms in total. The van der Waals surface area contributed by atoms with E-state index in [4.69, 9.17) is 14.2 Å². The molecule has 0 aliphatic carbocycles. The molecule has 2 aromatic heterocycles. The molecule has 0 fully saturated rings. The fraction of sp³-hybridized carbons (Fsp3) is 0.389. The highest BCUT2D eigenvalue weighted by Crippen LogP contribution is 2.29. The van der Waals surface area contributed by atoms with Crippen LogP contribution in [0.2, 0.25) is 0 Å². The molecule has 3 rings (SSSR count). The van der Waals surface area contributed by atoms with Gasteiger partial charge in [-0.25, -0.2) is 4.79 Å². The number of rotatable bonds is 7. The van der Waals surface area contributed by atoms with Crippen molar-refractivity contribution in [2.45, 2.75) is 6.73 Å². The number of H-pyrrole nitrogens is 1. The average molecular weight is 418 g/mol. The van der Waals surface area contributed by atoms with E-state index in [2.05, 4.69) is 20.5 Å². The summed E-state index contributed by atoms with van der Waals surface area (Å²) in [6, 6.07) is 2.95. The maximum absolute atomic E-state index is 13.0. The van der Waals surface area contributed by atoms with Crippen LogP contribution in [0.1, 0.15) is 0 Å². The van der Waals surface area contributed by atoms with Crippen molar-refractivity contribution in [1.29, 1.82) is 0 Å². The summed E-state index contributed by atoms with van der Waals surface area (Å²) in [6.45, 7) is 0.684. The zero-order valence-electron chi connectivity index (χ0n) is 17.0. The van der Waals surface area contributed by atoms with Crippen LogP contribution in [0.15, 0.2) is 21.7 Å². The highest BCUT2D eigenvalue weighted by molar-refractivity contribution is 5.88. The van der Waals surface area contributed by atoms with Crippen molar-refractivity contribution < 1.29 is 19.0 Å². The van der Waals surface area contributed by atoms with Gasteiger partial charge in [0, 0.05) is 19.2 Å². The molecule has 2 N–H and O–H groups in total. The Morgan fingerprint density at radius 2 is 1.80 bits per heavy atom. The van der Waals surface area contributed by atoms with Gasteiger partial charge in [-0.1, -0.05) is 0 Å². The summed E-state index contributed by atoms with van der Waals surface area (Å²) in [7, 11) is 6.63. The van der Waals surface area contributed by atoms with Gasteiger partial charge in [-0.3, -0.25) is 9.59 Å². The van der Waals surface area contributed by atoms with Crippen molar-refractivity contribution in [1.82, 2.24) is 30.2 Å². The molecule has 2 heterocycles. The van der Waals surface area contributed by atoms with Crippen LogP contribution in [-0.4, -0.2) is 72.4 Å². The summed E-state index contributed by atoms with van der Waals surface area (Å²) < 4.78 is 15.4. The first-order valence-corrected chi connectivity index (χ1v) is 8.96. The molecule has 0 spiro atoms. The van der Waals surface area contributed by atoms with Gasteiger partial charge in [-0.05, 0) is 20.2 Å². The van der Waals surface area contributed by atoms with Gasteiger partial charge in [0.15, 0.2) is 22.5 Å². The Morgan fingerprint density at radius 1 is 1.13 bits per heavy atom. The number of carbonyl (C=O) groups is 1. The standard InChI is InChI=1S/C18H22N6O6/c1-23(2)6-5-19-18(27)30-9-24-21-14-15(22-24)17(26)20-11-8-13(29-4)12(28-3)7-10(11)16(14)25/h7-8H,5-6,9H2,1-4H3,(H,19,27)(H,20,26). The van der Waals surface area contributed by atoms with Crippen LogP contribution in [0, 0.1) is 0 Å². The maximum Gasteiger partial charge on any atom is 0.409 e. The number of hydrogen-bond donors (Lipinski definition) is 2. The van der Waals surface area contributed by atoms with E-state index < -0.39 is 17.1 Å². The number of likely N-dealkylation sites (N-methyl/N-ethyl adjacent to an activating group) is 1. The molecule has 160 valence electrons. The van der Waals surface area contributed by atoms with Gasteiger partial charge < -0.3 is 29.4 Å². The molecular formula is C18H22N6O6. The summed E-state index contributed by atoms with van der Waals surface area (Å²) in [5.74, 6) is 0.683. The second kappa shape index (κ2) is 8.78. The molecule has 3 aromatic rings. The molecular weight excluding hydrogens is 396 g/mol. The van der Waals surface area contributed by atoms with E-state index in [1.807, 2.05) is 19.0 Å². The van der Waals surface area contributed by atoms with Gasteiger partial charge in [-0.2, -0.15) is 0 Å². The van der Waals surface area contributed by atoms with Gasteiger partial charge in [0.25, 0.3) is 5.56 Å². The molecule has 1 aromatic carbocycles. The first-order chi connectivity index (χ1) is 14.3. The van der Waals surface area contributed by atoms with Gasteiger partial charge in [-0.15, -0.1) is 15.0 Å². The third-order valence-corrected chi connectivity index (χ3v) is 4.24. The zero-order valence-corrected chi connectivity index (χ0v) is 17.0. The number of hydrogen-bond acceptors (Lipinski definition) is 9. The van der Waals surface area contributed by atoms with E-state index in [0.717, 1.165) is 4.80 Å². The fourth-order valence-corrected chi connectivity index (χ4v) is 2.74. The third kappa shape index (κ3) is 4.33. The Labute approximate surface area is 170 Å². The van der Waals surface area contributed by atoms with Crippen molar-refractivity contribution in [2.75, 3.05) is 41.4 Å². The van der Waals surface area contributed by atoms with Crippen molar-refractivity contribution in [3.05, 3.63) is 32.7 Å². The van der Waals surface area contributed by atoms with Crippen LogP contribution in [0.25, 0.3) is 21.9 Å². The summed E-state index contributed by atoms with van der Waals surface area (Å²) in [5.41, 5.74) is -1.22. The van der Waals surface area contributed by atoms with Gasteiger partial charge >= 0.3 is 6.09 Å². The Kier molecular flexibility index (Phi) is 6.16. The van der Waals surface area contributed by atoms with Crippen molar-refractivity contribution >= 4 is 28.0 Å². The lowest BCUT2D eigenvalue weighted by Gasteiger charge is -2.10. The van der Waals surface area contributed by atoms with E-state index in [1.54, 1.807) is 0 Å². The minimum Gasteiger partial charge on any atom is -0.493 e. The number of alkyl carbamates (subject to hydrolysis) is 1. The van der Waals surface area contributed by atoms with E-state index in [0.29, 0.717) is 24.6 Å². The Bertz CT molecular complexity index is 1200. The van der Waals surface area contributed by atoms with Gasteiger partial charge in [0.1, 0.15) is 0 Å². The number of amides is 1. The minimum absolute atomic E-state index is 0.157. The number of methoxy groups -OCH3 is 2. The number of carbonyl (C=O) groups excluding carboxylic acids is 1. The normalized spacial score (nSPS) is 11.1. The van der Waals surface area contributed by atoms with Crippen LogP contribution in [0.5, 0.6) is 11.5 Å². The molecule has 0 atom stereocenters. The lowest BCUT2D eigenvalue weighted by Crippen LogP contribution is -2.32. The molecule has 0 radical (unpaired) electrons. The number of nitrogens with one attached hydrogen (secondary N) is 2. The number of ether oxygens (including phenoxy) is 3. The summed E-state index contributed by atoms with van der Waals surface area (Å²) >= 11 is 0. The number of fused-ring (bicyclic) bond motifs is 2. The van der Waals surface area contributed by atoms with Crippen LogP contribution >= 0.6 is 0 Å². The van der Waals surface area contributed by atoms with Crippen LogP contribution in [0.3, 0.4) is 0 Å². The highest BCUT2D eigenvalue weighted by Gasteiger charge is 2.16. The highest BCUT2D eigenvalue weighted by atomic mass is 16.6. The first kappa shape index (κ1) is 21.0. The predicted molar refractivity (Wildman–Crippen MR) is 108 cm³/mol. The zero-order chi connectivity index (χ0) is 21.8. The fourth-order valence-electron chi connectivity index (χ4n) is 2.74. The Balaban J connectivity index is 1.94. The van der Waals surface area contributed by atoms with Crippen LogP contribution < -0.4 is 25.8 Å². The third-order valence-electron chi connectivity index (χ3n) is 4.24. The van der Waals surface area contributed by atoms with E-state index >= 15 is 0 Å². The topological polar surface area (TPSA) is 141 Å². The van der Waals surface area contributed by atoms with E-state index in [1.165, 1.54) is 26.4 Å². The predicted octanol–water partition coefficient (Wildman–Crippen LogP) is -0.104. The second-order valence-electron chi connectivity index (χ2n) is 6.60. The average Bonchev–Trinajstić information content (AvgIpc) is 3.12. The monoisotopic (exact) mass is 418 g/mol. The number of nitrogens with zero attached hydrogens (tertiary/aromatic N) is 4. The summed E-state index contributed by atoms with van der Waals surface area (Å²) in [5, 5.41) is 10.8. The van der Waals surface area contributed by atoms with Gasteiger partial charge in [0.05, 0.1) is 25.1 Å². The van der Waals surface area contributed by atoms with Gasteiger partial charge in [0.2, 0.25) is 12.2 Å². The van der Waals surface area contributed by atoms with Crippen molar-refractivity contribution in [3.63, 3.8) is 0 Å². The van der Waals surface area contributed by atoms with Crippen molar-refractivity contribution in [3.8, 4) is 11.5 Å². The molecule has 0 aliphatic heterocycles. The summed E-state index contributed by atoms with van der Waals surface area (Å²) in [6.07, 6.45) is -0.665. The number of aromatic nitrogens is 4. The number of benzene rings is 1. The Morgan fingerprint density at radius 3 is 2.47 bits per heavy atom. The molecule has 30 heavy (non-hydrogen) atoms. The molecule has 0 aliphatic rings. The molecule has 0 saturated carbocycles. The smallest absolute Gasteiger partial charge is 0.409 e. The molecule has 1 amide bonds. The maximum atomic E-state index is 13.0. The molecule has 0 unspecified atom stereocenters. The lowest BCUT2D eigenvalue weighted by molar-refractivity contribution is 0.101. The molecule has 0 bridgehead atoms. The molecule has 12 heteroatoms. The first-order valence-electron chi connectivity index (χ1n) is 8.96. The van der Waals surface area contributed by atoms with E-state index in [9.17, 15) is 14.4 Å². The minimum atomic E-state index is -0.665. The van der Waals surface area contributed by atoms with Crippen LogP contribution in [0.4, 0.5) is 4.79 Å². The quantitative estimate of drug-likeness (QED) is 0.538. The van der Waals surface area contributed by atoms with E-state index in [-0.39, 0.29) is 28.7 Å². The number of aromatic amines is 1. The second-order valence-corrected chi connectivity index (χ2v) is 6.60. The van der Waals surface area contributed by atoms with Crippen molar-refractivity contribution in [2.24, 2.45) is 0 Å². The molecule has 0 saturated heterocycles. The van der Waals surface area contributed by atoms with Crippen LogP contribution in [-0.2, 0) is 11.5 Å². The largest absolute Gasteiger partial charge is 0.493 e. The summed E-state index contributed by atoms with van der Waals surface area (Å²) in [4.78, 5) is 42.7. The Hall–Kier alpha value is -3.67.